The highest BCUT2D eigenvalue weighted by Crippen LogP contribution is 2.26. The second-order valence-corrected chi connectivity index (χ2v) is 8.50. The van der Waals surface area contributed by atoms with E-state index in [1.54, 1.807) is 11.3 Å². The molecule has 7 heteroatoms. The van der Waals surface area contributed by atoms with Gasteiger partial charge in [0.25, 0.3) is 0 Å². The van der Waals surface area contributed by atoms with E-state index in [1.165, 1.54) is 12.8 Å². The summed E-state index contributed by atoms with van der Waals surface area (Å²) in [6.07, 6.45) is 2.55. The van der Waals surface area contributed by atoms with Crippen LogP contribution >= 0.6 is 11.3 Å². The standard InChI is InChI=1S/C12H19N3O2S2/c1-9-8-19(16,17)5-4-15(9)12-14-11(7-18-12)6-13-10-2-3-10/h7,9-10,13H,2-6,8H2,1H3. The molecule has 1 aromatic heterocycles. The van der Waals surface area contributed by atoms with Gasteiger partial charge in [-0.15, -0.1) is 11.3 Å². The zero-order valence-corrected chi connectivity index (χ0v) is 12.6. The van der Waals surface area contributed by atoms with Crippen molar-refractivity contribution in [1.82, 2.24) is 10.3 Å². The predicted molar refractivity (Wildman–Crippen MR) is 77.4 cm³/mol. The molecule has 1 unspecified atom stereocenters. The molecule has 1 saturated carbocycles. The van der Waals surface area contributed by atoms with E-state index < -0.39 is 9.84 Å². The average Bonchev–Trinajstić information content (AvgIpc) is 3.04. The second kappa shape index (κ2) is 5.03. The summed E-state index contributed by atoms with van der Waals surface area (Å²) in [6, 6.07) is 0.707. The highest BCUT2D eigenvalue weighted by molar-refractivity contribution is 7.91. The fourth-order valence-electron chi connectivity index (χ4n) is 2.33. The van der Waals surface area contributed by atoms with Crippen molar-refractivity contribution in [1.29, 1.82) is 0 Å². The van der Waals surface area contributed by atoms with Crippen LogP contribution in [0.15, 0.2) is 5.38 Å². The number of nitrogens with zero attached hydrogens (tertiary/aromatic N) is 2. The van der Waals surface area contributed by atoms with Crippen molar-refractivity contribution in [3.63, 3.8) is 0 Å². The predicted octanol–water partition coefficient (Wildman–Crippen LogP) is 1.02. The van der Waals surface area contributed by atoms with Gasteiger partial charge >= 0.3 is 0 Å². The maximum atomic E-state index is 11.6. The molecular formula is C12H19N3O2S2. The summed E-state index contributed by atoms with van der Waals surface area (Å²) in [4.78, 5) is 6.74. The third-order valence-electron chi connectivity index (χ3n) is 3.60. The van der Waals surface area contributed by atoms with Crippen LogP contribution in [0.25, 0.3) is 0 Å². The van der Waals surface area contributed by atoms with Gasteiger partial charge in [0.2, 0.25) is 0 Å². The van der Waals surface area contributed by atoms with Gasteiger partial charge in [-0.25, -0.2) is 13.4 Å². The first-order valence-electron chi connectivity index (χ1n) is 6.68. The van der Waals surface area contributed by atoms with Crippen LogP contribution < -0.4 is 10.2 Å². The summed E-state index contributed by atoms with van der Waals surface area (Å²) in [6.45, 7) is 3.34. The number of anilines is 1. The number of sulfone groups is 1. The largest absolute Gasteiger partial charge is 0.343 e. The second-order valence-electron chi connectivity index (χ2n) is 5.43. The summed E-state index contributed by atoms with van der Waals surface area (Å²) in [5.74, 6) is 0.481. The number of aromatic nitrogens is 1. The van der Waals surface area contributed by atoms with Crippen LogP contribution in [0.4, 0.5) is 5.13 Å². The Morgan fingerprint density at radius 1 is 1.53 bits per heavy atom. The van der Waals surface area contributed by atoms with Gasteiger partial charge in [0.05, 0.1) is 17.2 Å². The van der Waals surface area contributed by atoms with Crippen LogP contribution in [-0.2, 0) is 16.4 Å². The van der Waals surface area contributed by atoms with E-state index in [4.69, 9.17) is 0 Å². The minimum absolute atomic E-state index is 0.0224. The smallest absolute Gasteiger partial charge is 0.185 e. The Balaban J connectivity index is 1.64. The van der Waals surface area contributed by atoms with E-state index in [1.807, 2.05) is 6.92 Å². The lowest BCUT2D eigenvalue weighted by Crippen LogP contribution is -2.47. The molecule has 3 rings (SSSR count). The maximum Gasteiger partial charge on any atom is 0.185 e. The first-order valence-corrected chi connectivity index (χ1v) is 9.38. The molecule has 0 radical (unpaired) electrons. The molecule has 0 bridgehead atoms. The number of hydrogen-bond acceptors (Lipinski definition) is 6. The molecule has 19 heavy (non-hydrogen) atoms. The number of rotatable bonds is 4. The molecule has 2 heterocycles. The van der Waals surface area contributed by atoms with Crippen molar-refractivity contribution < 1.29 is 8.42 Å². The fourth-order valence-corrected chi connectivity index (χ4v) is 4.84. The van der Waals surface area contributed by atoms with Crippen LogP contribution in [0.2, 0.25) is 0 Å². The lowest BCUT2D eigenvalue weighted by Gasteiger charge is -2.32. The van der Waals surface area contributed by atoms with Gasteiger partial charge in [-0.1, -0.05) is 0 Å². The van der Waals surface area contributed by atoms with Crippen LogP contribution in [0.3, 0.4) is 0 Å². The molecule has 1 aliphatic carbocycles. The molecule has 0 aromatic carbocycles. The molecule has 1 atom stereocenters. The minimum Gasteiger partial charge on any atom is -0.343 e. The van der Waals surface area contributed by atoms with E-state index in [-0.39, 0.29) is 17.5 Å². The topological polar surface area (TPSA) is 62.3 Å². The van der Waals surface area contributed by atoms with Gasteiger partial charge in [0.15, 0.2) is 15.0 Å². The van der Waals surface area contributed by atoms with Crippen molar-refractivity contribution in [2.45, 2.75) is 38.4 Å². The zero-order chi connectivity index (χ0) is 13.5. The molecule has 1 N–H and O–H groups in total. The number of hydrogen-bond donors (Lipinski definition) is 1. The molecule has 0 spiro atoms. The van der Waals surface area contributed by atoms with E-state index in [9.17, 15) is 8.42 Å². The van der Waals surface area contributed by atoms with E-state index >= 15 is 0 Å². The van der Waals surface area contributed by atoms with E-state index in [2.05, 4.69) is 20.6 Å². The Labute approximate surface area is 117 Å². The Kier molecular flexibility index (Phi) is 3.53. The van der Waals surface area contributed by atoms with Crippen molar-refractivity contribution in [2.24, 2.45) is 0 Å². The third-order valence-corrected chi connectivity index (χ3v) is 6.33. The molecule has 1 aromatic rings. The summed E-state index contributed by atoms with van der Waals surface area (Å²) in [5, 5.41) is 6.47. The van der Waals surface area contributed by atoms with E-state index in [0.717, 1.165) is 17.4 Å². The van der Waals surface area contributed by atoms with Gasteiger partial charge < -0.3 is 10.2 Å². The Morgan fingerprint density at radius 2 is 2.32 bits per heavy atom. The highest BCUT2D eigenvalue weighted by Gasteiger charge is 2.29. The molecule has 5 nitrogen and oxygen atoms in total. The maximum absolute atomic E-state index is 11.6. The third kappa shape index (κ3) is 3.27. The fraction of sp³-hybridized carbons (Fsp3) is 0.750. The first-order chi connectivity index (χ1) is 9.03. The van der Waals surface area contributed by atoms with Crippen molar-refractivity contribution in [2.75, 3.05) is 23.0 Å². The Morgan fingerprint density at radius 3 is 3.00 bits per heavy atom. The number of thiazole rings is 1. The van der Waals surface area contributed by atoms with Crippen molar-refractivity contribution in [3.8, 4) is 0 Å². The minimum atomic E-state index is -2.86. The quantitative estimate of drug-likeness (QED) is 0.899. The molecular weight excluding hydrogens is 282 g/mol. The molecule has 1 saturated heterocycles. The lowest BCUT2D eigenvalue weighted by atomic mass is 10.3. The van der Waals surface area contributed by atoms with Crippen LogP contribution in [-0.4, -0.2) is 43.5 Å². The van der Waals surface area contributed by atoms with Gasteiger partial charge in [0.1, 0.15) is 0 Å². The average molecular weight is 301 g/mol. The van der Waals surface area contributed by atoms with Crippen molar-refractivity contribution >= 4 is 26.3 Å². The SMILES string of the molecule is CC1CS(=O)(=O)CCN1c1nc(CNC2CC2)cs1. The molecule has 1 aliphatic heterocycles. The summed E-state index contributed by atoms with van der Waals surface area (Å²) < 4.78 is 23.1. The van der Waals surface area contributed by atoms with Gasteiger partial charge in [0, 0.05) is 30.6 Å². The summed E-state index contributed by atoms with van der Waals surface area (Å²) in [5.41, 5.74) is 1.06. The lowest BCUT2D eigenvalue weighted by molar-refractivity contribution is 0.567. The molecule has 2 fully saturated rings. The molecule has 0 amide bonds. The molecule has 106 valence electrons. The first kappa shape index (κ1) is 13.3. The van der Waals surface area contributed by atoms with E-state index in [0.29, 0.717) is 12.6 Å². The van der Waals surface area contributed by atoms with Crippen molar-refractivity contribution in [3.05, 3.63) is 11.1 Å². The monoisotopic (exact) mass is 301 g/mol. The Hall–Kier alpha value is -0.660. The molecule has 2 aliphatic rings. The Bertz CT molecular complexity index is 551. The summed E-state index contributed by atoms with van der Waals surface area (Å²) in [7, 11) is -2.86. The van der Waals surface area contributed by atoms with Gasteiger partial charge in [-0.3, -0.25) is 0 Å². The zero-order valence-electron chi connectivity index (χ0n) is 11.0. The highest BCUT2D eigenvalue weighted by atomic mass is 32.2. The number of nitrogens with one attached hydrogen (secondary N) is 1. The van der Waals surface area contributed by atoms with Crippen LogP contribution in [0.1, 0.15) is 25.5 Å². The van der Waals surface area contributed by atoms with Gasteiger partial charge in [-0.2, -0.15) is 0 Å². The summed E-state index contributed by atoms with van der Waals surface area (Å²) >= 11 is 1.61. The van der Waals surface area contributed by atoms with Gasteiger partial charge in [-0.05, 0) is 19.8 Å². The van der Waals surface area contributed by atoms with Crippen LogP contribution in [0.5, 0.6) is 0 Å². The van der Waals surface area contributed by atoms with Crippen LogP contribution in [0, 0.1) is 0 Å². The normalized spacial score (nSPS) is 26.6.